The van der Waals surface area contributed by atoms with Gasteiger partial charge in [-0.05, 0) is 80.5 Å². The zero-order valence-corrected chi connectivity index (χ0v) is 32.7. The Morgan fingerprint density at radius 2 is 1.87 bits per heavy atom. The van der Waals surface area contributed by atoms with E-state index in [1.54, 1.807) is 43.5 Å². The Morgan fingerprint density at radius 3 is 2.57 bits per heavy atom. The molecule has 4 N–H and O–H groups in total. The summed E-state index contributed by atoms with van der Waals surface area (Å²) >= 11 is 1.38. The minimum Gasteiger partial charge on any atom is -0.497 e. The molecule has 4 fully saturated rings. The molecule has 0 unspecified atom stereocenters. The number of aliphatic hydroxyl groups excluding tert-OH is 1. The van der Waals surface area contributed by atoms with Crippen molar-refractivity contribution < 1.29 is 41.7 Å². The molecule has 2 aromatic carbocycles. The summed E-state index contributed by atoms with van der Waals surface area (Å²) in [4.78, 5) is 18.2. The number of thiazole rings is 1. The molecule has 0 radical (unpaired) electrons. The number of hydrogen-bond donors (Lipinski definition) is 4. The number of amides is 1. The van der Waals surface area contributed by atoms with Crippen LogP contribution in [0.3, 0.4) is 0 Å². The van der Waals surface area contributed by atoms with E-state index in [1.807, 2.05) is 0 Å². The van der Waals surface area contributed by atoms with Gasteiger partial charge in [-0.2, -0.15) is 4.31 Å². The van der Waals surface area contributed by atoms with Gasteiger partial charge in [0, 0.05) is 25.2 Å². The zero-order chi connectivity index (χ0) is 38.0. The summed E-state index contributed by atoms with van der Waals surface area (Å²) in [5, 5.41) is 22.3. The molecule has 4 aliphatic rings. The molecule has 7 rings (SSSR count). The van der Waals surface area contributed by atoms with Crippen LogP contribution >= 0.6 is 11.3 Å². The van der Waals surface area contributed by atoms with Crippen molar-refractivity contribution in [2.75, 3.05) is 45.3 Å². The second-order valence-electron chi connectivity index (χ2n) is 15.6. The lowest BCUT2D eigenvalue weighted by molar-refractivity contribution is -0.0908. The maximum atomic E-state index is 15.5. The highest BCUT2D eigenvalue weighted by Crippen LogP contribution is 2.42. The molecular weight excluding hydrogens is 738 g/mol. The number of aliphatic hydroxyl groups is 1. The Bertz CT molecular complexity index is 1850. The van der Waals surface area contributed by atoms with Gasteiger partial charge in [-0.15, -0.1) is 0 Å². The SMILES string of the molecule is COc1ccc(C[C@H](NC(=O)O[C@H]2CO[C@H]3OC[C@H](NCC(C)C)[C@H]32)[C@H](O)CN(CC2(F)CC2)S(=O)(=O)c2ccc3nc(NC4CCCC4)sc3c2)cc1. The van der Waals surface area contributed by atoms with Crippen LogP contribution in [0.15, 0.2) is 47.4 Å². The second kappa shape index (κ2) is 16.5. The Hall–Kier alpha value is -3.12. The van der Waals surface area contributed by atoms with Gasteiger partial charge in [0.15, 0.2) is 11.4 Å². The molecule has 13 nitrogen and oxygen atoms in total. The van der Waals surface area contributed by atoms with E-state index in [0.29, 0.717) is 34.5 Å². The molecule has 16 heteroatoms. The first-order valence-corrected chi connectivity index (χ1v) is 21.3. The highest BCUT2D eigenvalue weighted by Gasteiger charge is 2.50. The summed E-state index contributed by atoms with van der Waals surface area (Å²) in [6, 6.07) is 11.1. The second-order valence-corrected chi connectivity index (χ2v) is 18.5. The fourth-order valence-electron chi connectivity index (χ4n) is 7.54. The minimum atomic E-state index is -4.29. The molecule has 2 saturated heterocycles. The lowest BCUT2D eigenvalue weighted by Gasteiger charge is -2.31. The average Bonchev–Trinajstić information content (AvgIpc) is 3.65. The van der Waals surface area contributed by atoms with Crippen molar-refractivity contribution in [3.8, 4) is 5.75 Å². The maximum absolute atomic E-state index is 15.5. The smallest absolute Gasteiger partial charge is 0.407 e. The van der Waals surface area contributed by atoms with E-state index in [0.717, 1.165) is 34.4 Å². The van der Waals surface area contributed by atoms with Crippen LogP contribution in [0.1, 0.15) is 57.9 Å². The Kier molecular flexibility index (Phi) is 12.0. The molecule has 2 saturated carbocycles. The number of rotatable bonds is 17. The highest BCUT2D eigenvalue weighted by molar-refractivity contribution is 7.89. The Balaban J connectivity index is 1.09. The number of aromatic nitrogens is 1. The van der Waals surface area contributed by atoms with Crippen LogP contribution in [0.4, 0.5) is 14.3 Å². The summed E-state index contributed by atoms with van der Waals surface area (Å²) in [5.41, 5.74) is -0.273. The number of halogens is 1. The lowest BCUT2D eigenvalue weighted by atomic mass is 9.97. The van der Waals surface area contributed by atoms with Crippen molar-refractivity contribution in [1.29, 1.82) is 0 Å². The molecule has 54 heavy (non-hydrogen) atoms. The van der Waals surface area contributed by atoms with Gasteiger partial charge < -0.3 is 40.0 Å². The predicted molar refractivity (Wildman–Crippen MR) is 203 cm³/mol. The largest absolute Gasteiger partial charge is 0.497 e. The molecule has 296 valence electrons. The van der Waals surface area contributed by atoms with E-state index in [1.165, 1.54) is 30.2 Å². The molecule has 0 spiro atoms. The van der Waals surface area contributed by atoms with E-state index in [9.17, 15) is 18.3 Å². The summed E-state index contributed by atoms with van der Waals surface area (Å²) in [6.45, 7) is 4.68. The number of carbonyl (C=O) groups is 1. The first-order valence-electron chi connectivity index (χ1n) is 19.0. The van der Waals surface area contributed by atoms with Crippen molar-refractivity contribution in [3.05, 3.63) is 48.0 Å². The number of anilines is 1. The lowest BCUT2D eigenvalue weighted by Crippen LogP contribution is -2.52. The van der Waals surface area contributed by atoms with Crippen LogP contribution in [0.5, 0.6) is 5.75 Å². The number of alkyl carbamates (subject to hydrolysis) is 1. The third-order valence-electron chi connectivity index (χ3n) is 10.8. The quantitative estimate of drug-likeness (QED) is 0.148. The number of nitrogens with zero attached hydrogens (tertiary/aromatic N) is 2. The van der Waals surface area contributed by atoms with Gasteiger partial charge in [-0.3, -0.25) is 0 Å². The van der Waals surface area contributed by atoms with E-state index < -0.39 is 59.4 Å². The predicted octanol–water partition coefficient (Wildman–Crippen LogP) is 4.84. The van der Waals surface area contributed by atoms with Gasteiger partial charge in [0.1, 0.15) is 17.5 Å². The van der Waals surface area contributed by atoms with Crippen LogP contribution in [0.25, 0.3) is 10.2 Å². The monoisotopic (exact) mass is 789 g/mol. The number of benzene rings is 2. The van der Waals surface area contributed by atoms with Gasteiger partial charge in [0.2, 0.25) is 10.0 Å². The summed E-state index contributed by atoms with van der Waals surface area (Å²) in [6.07, 6.45) is 1.75. The van der Waals surface area contributed by atoms with Crippen LogP contribution in [0, 0.1) is 11.8 Å². The molecule has 1 amide bonds. The molecular formula is C38H52FN5O8S2. The van der Waals surface area contributed by atoms with Crippen molar-refractivity contribution in [2.45, 2.75) is 106 Å². The minimum absolute atomic E-state index is 0.0169. The van der Waals surface area contributed by atoms with Crippen LogP contribution < -0.4 is 20.7 Å². The molecule has 3 aromatic rings. The molecule has 6 atom stereocenters. The van der Waals surface area contributed by atoms with Gasteiger partial charge in [-0.1, -0.05) is 50.2 Å². The average molecular weight is 790 g/mol. The van der Waals surface area contributed by atoms with Gasteiger partial charge in [0.05, 0.1) is 53.5 Å². The fraction of sp³-hybridized carbons (Fsp3) is 0.632. The number of alkyl halides is 1. The van der Waals surface area contributed by atoms with Crippen molar-refractivity contribution >= 4 is 42.8 Å². The number of ether oxygens (including phenoxy) is 4. The van der Waals surface area contributed by atoms with Gasteiger partial charge >= 0.3 is 6.09 Å². The molecule has 1 aromatic heterocycles. The van der Waals surface area contributed by atoms with Crippen molar-refractivity contribution in [1.82, 2.24) is 19.9 Å². The Morgan fingerprint density at radius 1 is 1.13 bits per heavy atom. The topological polar surface area (TPSA) is 161 Å². The summed E-state index contributed by atoms with van der Waals surface area (Å²) in [7, 11) is -2.73. The van der Waals surface area contributed by atoms with Crippen LogP contribution in [0.2, 0.25) is 0 Å². The van der Waals surface area contributed by atoms with E-state index in [-0.39, 0.29) is 42.7 Å². The summed E-state index contributed by atoms with van der Waals surface area (Å²) in [5.74, 6) is 0.828. The maximum Gasteiger partial charge on any atom is 0.407 e. The number of nitrogens with one attached hydrogen (secondary N) is 3. The van der Waals surface area contributed by atoms with E-state index in [4.69, 9.17) is 18.9 Å². The first kappa shape index (κ1) is 39.1. The number of sulfonamides is 1. The first-order chi connectivity index (χ1) is 25.9. The summed E-state index contributed by atoms with van der Waals surface area (Å²) < 4.78 is 68.6. The number of carbonyl (C=O) groups excluding carboxylic acids is 1. The van der Waals surface area contributed by atoms with Crippen molar-refractivity contribution in [3.63, 3.8) is 0 Å². The molecule has 3 heterocycles. The number of fused-ring (bicyclic) bond motifs is 2. The van der Waals surface area contributed by atoms with E-state index >= 15 is 4.39 Å². The fourth-order valence-corrected chi connectivity index (χ4v) is 10.1. The number of hydrogen-bond acceptors (Lipinski definition) is 12. The van der Waals surface area contributed by atoms with Gasteiger partial charge in [0.25, 0.3) is 0 Å². The Labute approximate surface area is 320 Å². The molecule has 2 aliphatic heterocycles. The zero-order valence-electron chi connectivity index (χ0n) is 31.0. The standard InChI is InChI=1S/C38H52FN5O8S2/c1-23(2)18-40-30-20-50-35-34(30)32(21-51-35)52-37(46)43-29(16-24-8-10-26(49-3)11-9-24)31(45)19-44(22-38(39)14-15-38)54(47,48)27-12-13-28-33(17-27)53-36(42-28)41-25-6-4-5-7-25/h8-13,17,23,25,29-32,34-35,40,45H,4-7,14-16,18-22H2,1-3H3,(H,41,42)(H,43,46)/t29-,30-,31+,32-,34-,35+/m0/s1. The highest BCUT2D eigenvalue weighted by atomic mass is 32.2. The van der Waals surface area contributed by atoms with Crippen LogP contribution in [-0.2, 0) is 30.7 Å². The number of methoxy groups -OCH3 is 1. The third-order valence-corrected chi connectivity index (χ3v) is 13.6. The molecule has 0 bridgehead atoms. The normalized spacial score (nSPS) is 24.9. The third kappa shape index (κ3) is 9.28. The molecule has 2 aliphatic carbocycles. The van der Waals surface area contributed by atoms with Crippen LogP contribution in [-0.4, -0.2) is 111 Å². The van der Waals surface area contributed by atoms with Crippen molar-refractivity contribution in [2.24, 2.45) is 11.8 Å². The van der Waals surface area contributed by atoms with E-state index in [2.05, 4.69) is 34.8 Å². The van der Waals surface area contributed by atoms with Gasteiger partial charge in [-0.25, -0.2) is 22.6 Å².